The summed E-state index contributed by atoms with van der Waals surface area (Å²) in [6.07, 6.45) is 0. The van der Waals surface area contributed by atoms with E-state index in [4.69, 9.17) is 8.83 Å². The van der Waals surface area contributed by atoms with Crippen LogP contribution in [0.5, 0.6) is 0 Å². The summed E-state index contributed by atoms with van der Waals surface area (Å²) >= 11 is 0. The Morgan fingerprint density at radius 2 is 0.828 bits per heavy atom. The van der Waals surface area contributed by atoms with Crippen molar-refractivity contribution in [2.45, 2.75) is 5.41 Å². The summed E-state index contributed by atoms with van der Waals surface area (Å²) < 4.78 is 12.7. The smallest absolute Gasteiger partial charge is 0.143 e. The Morgan fingerprint density at radius 1 is 0.328 bits per heavy atom. The second kappa shape index (κ2) is 12.7. The molecule has 11 aromatic rings. The van der Waals surface area contributed by atoms with Gasteiger partial charge < -0.3 is 13.7 Å². The van der Waals surface area contributed by atoms with Gasteiger partial charge >= 0.3 is 0 Å². The van der Waals surface area contributed by atoms with Crippen LogP contribution < -0.4 is 4.90 Å². The molecule has 0 atom stereocenters. The van der Waals surface area contributed by atoms with E-state index >= 15 is 0 Å². The standard InChI is InChI=1S/C55H35NO2/c1-2-13-37(14-3-1)55(49-21-8-4-15-43(49)44-16-5-9-22-50(44)55)38-27-31-40(32-28-38)56(41-33-34-53-48(35-41)46-18-7-10-23-51(46)57-53)39-29-25-36(26-30-39)42-19-12-20-47-45-17-6-11-24-52(45)58-54(42)47/h1-35H. The highest BCUT2D eigenvalue weighted by atomic mass is 16.3. The molecule has 2 aromatic heterocycles. The van der Waals surface area contributed by atoms with Gasteiger partial charge in [-0.3, -0.25) is 0 Å². The summed E-state index contributed by atoms with van der Waals surface area (Å²) in [6.45, 7) is 0. The Balaban J connectivity index is 1.03. The van der Waals surface area contributed by atoms with Crippen LogP contribution >= 0.6 is 0 Å². The molecule has 0 N–H and O–H groups in total. The van der Waals surface area contributed by atoms with E-state index in [1.807, 2.05) is 24.3 Å². The molecule has 0 fully saturated rings. The van der Waals surface area contributed by atoms with Crippen molar-refractivity contribution in [2.24, 2.45) is 0 Å². The summed E-state index contributed by atoms with van der Waals surface area (Å²) in [6, 6.07) is 76.3. The average molecular weight is 742 g/mol. The number of furan rings is 2. The summed E-state index contributed by atoms with van der Waals surface area (Å²) in [5, 5.41) is 4.45. The zero-order valence-corrected chi connectivity index (χ0v) is 31.5. The quantitative estimate of drug-likeness (QED) is 0.170. The van der Waals surface area contributed by atoms with Crippen LogP contribution in [-0.2, 0) is 5.41 Å². The van der Waals surface area contributed by atoms with Crippen LogP contribution in [0, 0.1) is 0 Å². The predicted octanol–water partition coefficient (Wildman–Crippen LogP) is 15.0. The molecule has 3 nitrogen and oxygen atoms in total. The first-order valence-corrected chi connectivity index (χ1v) is 19.8. The molecule has 0 bridgehead atoms. The number of rotatable bonds is 6. The number of para-hydroxylation sites is 3. The highest BCUT2D eigenvalue weighted by molar-refractivity contribution is 6.10. The van der Waals surface area contributed by atoms with Gasteiger partial charge in [0.2, 0.25) is 0 Å². The Bertz CT molecular complexity index is 3290. The van der Waals surface area contributed by atoms with Crippen LogP contribution in [0.4, 0.5) is 17.1 Å². The number of nitrogens with zero attached hydrogens (tertiary/aromatic N) is 1. The van der Waals surface area contributed by atoms with E-state index in [9.17, 15) is 0 Å². The topological polar surface area (TPSA) is 29.5 Å². The molecule has 2 heterocycles. The van der Waals surface area contributed by atoms with Crippen molar-refractivity contribution in [1.29, 1.82) is 0 Å². The van der Waals surface area contributed by atoms with Gasteiger partial charge in [-0.15, -0.1) is 0 Å². The monoisotopic (exact) mass is 741 g/mol. The van der Waals surface area contributed by atoms with E-state index in [1.54, 1.807) is 0 Å². The predicted molar refractivity (Wildman–Crippen MR) is 238 cm³/mol. The van der Waals surface area contributed by atoms with Crippen LogP contribution in [0.1, 0.15) is 22.3 Å². The second-order valence-electron chi connectivity index (χ2n) is 15.2. The van der Waals surface area contributed by atoms with Crippen molar-refractivity contribution in [3.8, 4) is 22.3 Å². The lowest BCUT2D eigenvalue weighted by Gasteiger charge is -2.34. The number of hydrogen-bond donors (Lipinski definition) is 0. The fourth-order valence-corrected chi connectivity index (χ4v) is 9.64. The van der Waals surface area contributed by atoms with Gasteiger partial charge in [-0.05, 0) is 93.5 Å². The van der Waals surface area contributed by atoms with Crippen molar-refractivity contribution in [3.63, 3.8) is 0 Å². The maximum absolute atomic E-state index is 6.44. The van der Waals surface area contributed by atoms with Crippen molar-refractivity contribution in [3.05, 3.63) is 235 Å². The van der Waals surface area contributed by atoms with Gasteiger partial charge in [-0.25, -0.2) is 0 Å². The molecule has 12 rings (SSSR count). The zero-order valence-electron chi connectivity index (χ0n) is 31.5. The minimum Gasteiger partial charge on any atom is -0.456 e. The molecule has 1 aliphatic carbocycles. The molecule has 0 unspecified atom stereocenters. The third-order valence-electron chi connectivity index (χ3n) is 12.2. The zero-order chi connectivity index (χ0) is 38.2. The fourth-order valence-electron chi connectivity index (χ4n) is 9.64. The minimum absolute atomic E-state index is 0.467. The third kappa shape index (κ3) is 4.74. The first-order chi connectivity index (χ1) is 28.8. The van der Waals surface area contributed by atoms with Gasteiger partial charge in [0.05, 0.1) is 5.41 Å². The fraction of sp³-hybridized carbons (Fsp3) is 0.0182. The van der Waals surface area contributed by atoms with E-state index in [-0.39, 0.29) is 0 Å². The van der Waals surface area contributed by atoms with Gasteiger partial charge in [0, 0.05) is 44.2 Å². The van der Waals surface area contributed by atoms with E-state index < -0.39 is 5.41 Å². The molecule has 9 aromatic carbocycles. The van der Waals surface area contributed by atoms with Crippen LogP contribution in [-0.4, -0.2) is 0 Å². The molecule has 1 aliphatic rings. The largest absolute Gasteiger partial charge is 0.456 e. The summed E-state index contributed by atoms with van der Waals surface area (Å²) in [5.74, 6) is 0. The van der Waals surface area contributed by atoms with Crippen LogP contribution in [0.15, 0.2) is 221 Å². The molecule has 3 heteroatoms. The molecule has 0 saturated carbocycles. The molecular weight excluding hydrogens is 707 g/mol. The molecule has 58 heavy (non-hydrogen) atoms. The SMILES string of the molecule is c1ccc(C2(c3ccc(N(c4ccc(-c5cccc6c5oc5ccccc56)cc4)c4ccc5oc6ccccc6c5c4)cc3)c3ccccc3-c3ccccc32)cc1. The normalized spacial score (nSPS) is 13.0. The number of fused-ring (bicyclic) bond motifs is 9. The van der Waals surface area contributed by atoms with E-state index in [0.717, 1.165) is 72.1 Å². The van der Waals surface area contributed by atoms with Gasteiger partial charge in [-0.2, -0.15) is 0 Å². The number of benzene rings is 9. The van der Waals surface area contributed by atoms with E-state index in [1.165, 1.54) is 33.4 Å². The molecule has 272 valence electrons. The maximum atomic E-state index is 6.44. The van der Waals surface area contributed by atoms with Gasteiger partial charge in [0.1, 0.15) is 22.3 Å². The highest BCUT2D eigenvalue weighted by Gasteiger charge is 2.45. The van der Waals surface area contributed by atoms with Crippen LogP contribution in [0.3, 0.4) is 0 Å². The third-order valence-corrected chi connectivity index (χ3v) is 12.2. The first kappa shape index (κ1) is 32.6. The van der Waals surface area contributed by atoms with Crippen molar-refractivity contribution in [1.82, 2.24) is 0 Å². The summed E-state index contributed by atoms with van der Waals surface area (Å²) in [4.78, 5) is 2.35. The lowest BCUT2D eigenvalue weighted by molar-refractivity contribution is 0.669. The molecule has 0 saturated heterocycles. The summed E-state index contributed by atoms with van der Waals surface area (Å²) in [5.41, 5.74) is 16.1. The van der Waals surface area contributed by atoms with Gasteiger partial charge in [-0.1, -0.05) is 158 Å². The van der Waals surface area contributed by atoms with E-state index in [0.29, 0.717) is 0 Å². The van der Waals surface area contributed by atoms with Gasteiger partial charge in [0.15, 0.2) is 0 Å². The number of anilines is 3. The van der Waals surface area contributed by atoms with Crippen LogP contribution in [0.2, 0.25) is 0 Å². The van der Waals surface area contributed by atoms with Crippen LogP contribution in [0.25, 0.3) is 66.1 Å². The van der Waals surface area contributed by atoms with Crippen molar-refractivity contribution in [2.75, 3.05) is 4.90 Å². The Hall–Kier alpha value is -7.62. The Labute approximate surface area is 335 Å². The highest BCUT2D eigenvalue weighted by Crippen LogP contribution is 2.56. The molecule has 0 spiro atoms. The lowest BCUT2D eigenvalue weighted by Crippen LogP contribution is -2.28. The molecule has 0 amide bonds. The first-order valence-electron chi connectivity index (χ1n) is 19.8. The molecular formula is C55H35NO2. The summed E-state index contributed by atoms with van der Waals surface area (Å²) in [7, 11) is 0. The van der Waals surface area contributed by atoms with E-state index in [2.05, 4.69) is 193 Å². The average Bonchev–Trinajstić information content (AvgIpc) is 3.96. The lowest BCUT2D eigenvalue weighted by atomic mass is 9.68. The maximum Gasteiger partial charge on any atom is 0.143 e. The van der Waals surface area contributed by atoms with Crippen molar-refractivity contribution >= 4 is 60.9 Å². The number of hydrogen-bond acceptors (Lipinski definition) is 3. The Morgan fingerprint density at radius 3 is 1.53 bits per heavy atom. The second-order valence-corrected chi connectivity index (χ2v) is 15.2. The van der Waals surface area contributed by atoms with Gasteiger partial charge in [0.25, 0.3) is 0 Å². The molecule has 0 aliphatic heterocycles. The Kier molecular flexibility index (Phi) is 7.14. The minimum atomic E-state index is -0.467. The van der Waals surface area contributed by atoms with Crippen molar-refractivity contribution < 1.29 is 8.83 Å². The molecule has 0 radical (unpaired) electrons.